The average molecular weight is 442 g/mol. The van der Waals surface area contributed by atoms with E-state index in [9.17, 15) is 19.8 Å². The summed E-state index contributed by atoms with van der Waals surface area (Å²) in [5, 5.41) is 24.7. The molecule has 0 unspecified atom stereocenters. The van der Waals surface area contributed by atoms with Crippen LogP contribution in [0.1, 0.15) is 22.5 Å². The number of halogens is 1. The van der Waals surface area contributed by atoms with Crippen LogP contribution in [0.2, 0.25) is 5.02 Å². The molecule has 2 aromatic carbocycles. The van der Waals surface area contributed by atoms with Crippen molar-refractivity contribution < 1.29 is 19.8 Å². The van der Waals surface area contributed by atoms with Gasteiger partial charge in [-0.1, -0.05) is 41.9 Å². The van der Waals surface area contributed by atoms with E-state index >= 15 is 0 Å². The van der Waals surface area contributed by atoms with Crippen molar-refractivity contribution >= 4 is 34.3 Å². The highest BCUT2D eigenvalue weighted by atomic mass is 35.5. The lowest BCUT2D eigenvalue weighted by Gasteiger charge is -2.27. The Balaban J connectivity index is 1.55. The van der Waals surface area contributed by atoms with Gasteiger partial charge in [-0.05, 0) is 42.7 Å². The molecule has 1 aliphatic heterocycles. The van der Waals surface area contributed by atoms with Crippen molar-refractivity contribution in [2.75, 3.05) is 13.1 Å². The van der Waals surface area contributed by atoms with Gasteiger partial charge in [0, 0.05) is 29.0 Å². The standard InChI is InChI=1S/C23H24ClN3O4/c24-16-6-7-18-15(11-16)12-20(25-18)22(30)26-19(10-14-4-2-1-3-5-14)21(29)23(31)27-9-8-17(28)13-27/h1-7,11-12,17,19,21,25,28-29H,8-10,13H2,(H,26,30)/t17-,19-,21+/m0/s1. The second-order valence-corrected chi connectivity index (χ2v) is 8.29. The highest BCUT2D eigenvalue weighted by Crippen LogP contribution is 2.21. The van der Waals surface area contributed by atoms with Crippen LogP contribution in [0, 0.1) is 0 Å². The van der Waals surface area contributed by atoms with E-state index < -0.39 is 30.1 Å². The SMILES string of the molecule is O=C(N[C@@H](Cc1ccccc1)[C@@H](O)C(=O)N1CC[C@H](O)C1)c1cc2cc(Cl)ccc2[nH]1. The van der Waals surface area contributed by atoms with E-state index in [0.29, 0.717) is 23.7 Å². The first-order valence-electron chi connectivity index (χ1n) is 10.2. The van der Waals surface area contributed by atoms with E-state index in [2.05, 4.69) is 10.3 Å². The first-order chi connectivity index (χ1) is 14.9. The summed E-state index contributed by atoms with van der Waals surface area (Å²) in [6, 6.07) is 15.5. The van der Waals surface area contributed by atoms with Crippen LogP contribution >= 0.6 is 11.6 Å². The molecule has 31 heavy (non-hydrogen) atoms. The first-order valence-corrected chi connectivity index (χ1v) is 10.6. The Morgan fingerprint density at radius 1 is 1.19 bits per heavy atom. The fraction of sp³-hybridized carbons (Fsp3) is 0.304. The Morgan fingerprint density at radius 2 is 1.97 bits per heavy atom. The van der Waals surface area contributed by atoms with Crippen molar-refractivity contribution in [1.82, 2.24) is 15.2 Å². The molecule has 1 saturated heterocycles. The number of fused-ring (bicyclic) bond motifs is 1. The van der Waals surface area contributed by atoms with E-state index in [1.165, 1.54) is 4.90 Å². The van der Waals surface area contributed by atoms with Gasteiger partial charge in [0.25, 0.3) is 11.8 Å². The zero-order valence-corrected chi connectivity index (χ0v) is 17.5. The molecule has 2 heterocycles. The fourth-order valence-electron chi connectivity index (χ4n) is 3.88. The van der Waals surface area contributed by atoms with Gasteiger partial charge in [0.1, 0.15) is 5.69 Å². The second-order valence-electron chi connectivity index (χ2n) is 7.86. The third-order valence-corrected chi connectivity index (χ3v) is 5.79. The highest BCUT2D eigenvalue weighted by Gasteiger charge is 2.34. The predicted molar refractivity (Wildman–Crippen MR) is 118 cm³/mol. The molecule has 4 rings (SSSR count). The summed E-state index contributed by atoms with van der Waals surface area (Å²) >= 11 is 6.02. The van der Waals surface area contributed by atoms with Crippen molar-refractivity contribution in [3.63, 3.8) is 0 Å². The van der Waals surface area contributed by atoms with E-state index in [1.54, 1.807) is 24.3 Å². The average Bonchev–Trinajstić information content (AvgIpc) is 3.38. The molecule has 3 atom stereocenters. The van der Waals surface area contributed by atoms with Gasteiger partial charge in [-0.15, -0.1) is 0 Å². The number of rotatable bonds is 6. The molecule has 162 valence electrons. The largest absolute Gasteiger partial charge is 0.391 e. The van der Waals surface area contributed by atoms with Crippen molar-refractivity contribution in [3.05, 3.63) is 70.9 Å². The summed E-state index contributed by atoms with van der Waals surface area (Å²) in [6.07, 6.45) is -1.27. The summed E-state index contributed by atoms with van der Waals surface area (Å²) in [7, 11) is 0. The maximum absolute atomic E-state index is 12.9. The van der Waals surface area contributed by atoms with E-state index in [4.69, 9.17) is 11.6 Å². The fourth-order valence-corrected chi connectivity index (χ4v) is 4.06. The molecule has 0 bridgehead atoms. The topological polar surface area (TPSA) is 106 Å². The molecule has 1 fully saturated rings. The van der Waals surface area contributed by atoms with Gasteiger partial charge in [-0.3, -0.25) is 9.59 Å². The number of carbonyl (C=O) groups is 2. The monoisotopic (exact) mass is 441 g/mol. The minimum absolute atomic E-state index is 0.185. The number of nitrogens with zero attached hydrogens (tertiary/aromatic N) is 1. The van der Waals surface area contributed by atoms with Gasteiger partial charge in [0.15, 0.2) is 6.10 Å². The van der Waals surface area contributed by atoms with Gasteiger partial charge >= 0.3 is 0 Å². The summed E-state index contributed by atoms with van der Waals surface area (Å²) in [4.78, 5) is 30.2. The number of hydrogen-bond acceptors (Lipinski definition) is 4. The molecule has 0 spiro atoms. The number of β-amino-alcohol motifs (C(OH)–C–C–N with tert-alkyl or cyclic N) is 1. The van der Waals surface area contributed by atoms with Crippen molar-refractivity contribution in [1.29, 1.82) is 0 Å². The number of hydrogen-bond donors (Lipinski definition) is 4. The van der Waals surface area contributed by atoms with Gasteiger partial charge < -0.3 is 25.4 Å². The van der Waals surface area contributed by atoms with Crippen LogP contribution in [-0.2, 0) is 11.2 Å². The number of nitrogens with one attached hydrogen (secondary N) is 2. The van der Waals surface area contributed by atoms with Crippen LogP contribution in [-0.4, -0.2) is 63.3 Å². The molecule has 4 N–H and O–H groups in total. The summed E-state index contributed by atoms with van der Waals surface area (Å²) < 4.78 is 0. The number of aliphatic hydroxyl groups is 2. The van der Waals surface area contributed by atoms with Gasteiger partial charge in [-0.25, -0.2) is 0 Å². The quantitative estimate of drug-likeness (QED) is 0.470. The Morgan fingerprint density at radius 3 is 2.68 bits per heavy atom. The van der Waals surface area contributed by atoms with Crippen LogP contribution in [0.25, 0.3) is 10.9 Å². The lowest BCUT2D eigenvalue weighted by Crippen LogP contribution is -2.52. The van der Waals surface area contributed by atoms with Crippen LogP contribution in [0.15, 0.2) is 54.6 Å². The molecule has 0 radical (unpaired) electrons. The number of aromatic amines is 1. The smallest absolute Gasteiger partial charge is 0.268 e. The molecule has 0 aliphatic carbocycles. The first kappa shape index (κ1) is 21.4. The van der Waals surface area contributed by atoms with Crippen LogP contribution in [0.4, 0.5) is 0 Å². The third kappa shape index (κ3) is 4.90. The zero-order chi connectivity index (χ0) is 22.0. The second kappa shape index (κ2) is 9.09. The van der Waals surface area contributed by atoms with Gasteiger partial charge in [-0.2, -0.15) is 0 Å². The number of benzene rings is 2. The third-order valence-electron chi connectivity index (χ3n) is 5.55. The van der Waals surface area contributed by atoms with Crippen molar-refractivity contribution in [2.45, 2.75) is 31.1 Å². The van der Waals surface area contributed by atoms with Gasteiger partial charge in [0.2, 0.25) is 0 Å². The zero-order valence-electron chi connectivity index (χ0n) is 16.8. The van der Waals surface area contributed by atoms with Crippen molar-refractivity contribution in [3.8, 4) is 0 Å². The molecule has 7 nitrogen and oxygen atoms in total. The van der Waals surface area contributed by atoms with E-state index in [-0.39, 0.29) is 13.0 Å². The lowest BCUT2D eigenvalue weighted by molar-refractivity contribution is -0.140. The van der Waals surface area contributed by atoms with Crippen LogP contribution < -0.4 is 5.32 Å². The summed E-state index contributed by atoms with van der Waals surface area (Å²) in [5.41, 5.74) is 1.95. The van der Waals surface area contributed by atoms with Crippen LogP contribution in [0.3, 0.4) is 0 Å². The molecular weight excluding hydrogens is 418 g/mol. The molecule has 3 aromatic rings. The molecule has 1 aliphatic rings. The minimum atomic E-state index is -1.44. The number of amides is 2. The Bertz CT molecular complexity index is 1080. The van der Waals surface area contributed by atoms with E-state index in [1.807, 2.05) is 30.3 Å². The van der Waals surface area contributed by atoms with E-state index in [0.717, 1.165) is 16.5 Å². The Hall–Kier alpha value is -2.87. The maximum Gasteiger partial charge on any atom is 0.268 e. The molecule has 8 heteroatoms. The maximum atomic E-state index is 12.9. The van der Waals surface area contributed by atoms with Crippen molar-refractivity contribution in [2.24, 2.45) is 0 Å². The molecule has 0 saturated carbocycles. The minimum Gasteiger partial charge on any atom is -0.391 e. The summed E-state index contributed by atoms with van der Waals surface area (Å²) in [6.45, 7) is 0.566. The number of aromatic nitrogens is 1. The molecule has 2 amide bonds. The number of H-pyrrole nitrogens is 1. The summed E-state index contributed by atoms with van der Waals surface area (Å²) in [5.74, 6) is -0.928. The molecular formula is C23H24ClN3O4. The van der Waals surface area contributed by atoms with Gasteiger partial charge in [0.05, 0.1) is 12.1 Å². The number of aliphatic hydroxyl groups excluding tert-OH is 2. The van der Waals surface area contributed by atoms with Crippen LogP contribution in [0.5, 0.6) is 0 Å². The predicted octanol–water partition coefficient (Wildman–Crippen LogP) is 2.12. The number of carbonyl (C=O) groups excluding carboxylic acids is 2. The normalized spacial score (nSPS) is 18.2. The Kier molecular flexibility index (Phi) is 6.27. The lowest BCUT2D eigenvalue weighted by atomic mass is 10.00. The number of likely N-dealkylation sites (tertiary alicyclic amines) is 1. The molecule has 1 aromatic heterocycles. The Labute approximate surface area is 184 Å². The highest BCUT2D eigenvalue weighted by molar-refractivity contribution is 6.31.